The van der Waals surface area contributed by atoms with Gasteiger partial charge in [-0.25, -0.2) is 4.79 Å². The van der Waals surface area contributed by atoms with Crippen LogP contribution >= 0.6 is 23.2 Å². The molecule has 6 nitrogen and oxygen atoms in total. The number of methoxy groups -OCH3 is 2. The van der Waals surface area contributed by atoms with Crippen molar-refractivity contribution in [3.63, 3.8) is 0 Å². The van der Waals surface area contributed by atoms with E-state index in [2.05, 4.69) is 10.1 Å². The molecule has 1 N–H and O–H groups in total. The van der Waals surface area contributed by atoms with Crippen LogP contribution in [-0.4, -0.2) is 32.7 Å². The highest BCUT2D eigenvalue weighted by molar-refractivity contribution is 6.34. The average Bonchev–Trinajstić information content (AvgIpc) is 2.64. The van der Waals surface area contributed by atoms with Gasteiger partial charge >= 0.3 is 5.97 Å². The van der Waals surface area contributed by atoms with E-state index in [4.69, 9.17) is 32.7 Å². The van der Waals surface area contributed by atoms with Gasteiger partial charge in [-0.05, 0) is 43.2 Å². The number of carbonyl (C=O) groups excluding carboxylic acids is 2. The number of halogens is 2. The molecule has 1 amide bonds. The molecule has 2 aromatic rings. The molecule has 2 aromatic carbocycles. The topological polar surface area (TPSA) is 73.9 Å². The predicted octanol–water partition coefficient (Wildman–Crippen LogP) is 4.42. The van der Waals surface area contributed by atoms with Crippen molar-refractivity contribution in [2.45, 2.75) is 13.8 Å². The lowest BCUT2D eigenvalue weighted by Gasteiger charge is -2.13. The molecule has 0 radical (unpaired) electrons. The molecule has 0 aliphatic rings. The molecule has 0 aromatic heterocycles. The molecule has 144 valence electrons. The second kappa shape index (κ2) is 8.97. The first kappa shape index (κ1) is 20.9. The van der Waals surface area contributed by atoms with Crippen LogP contribution in [0.2, 0.25) is 10.0 Å². The first-order valence-corrected chi connectivity index (χ1v) is 8.67. The molecule has 0 aliphatic carbocycles. The smallest absolute Gasteiger partial charge is 0.341 e. The van der Waals surface area contributed by atoms with Gasteiger partial charge in [-0.2, -0.15) is 0 Å². The Bertz CT molecular complexity index is 860. The molecule has 0 atom stereocenters. The predicted molar refractivity (Wildman–Crippen MR) is 104 cm³/mol. The van der Waals surface area contributed by atoms with Gasteiger partial charge in [0.15, 0.2) is 6.61 Å². The van der Waals surface area contributed by atoms with Crippen molar-refractivity contribution in [1.82, 2.24) is 0 Å². The van der Waals surface area contributed by atoms with Crippen LogP contribution in [0.15, 0.2) is 24.3 Å². The van der Waals surface area contributed by atoms with Crippen LogP contribution in [-0.2, 0) is 9.53 Å². The summed E-state index contributed by atoms with van der Waals surface area (Å²) in [5, 5.41) is 3.46. The number of carbonyl (C=O) groups is 2. The summed E-state index contributed by atoms with van der Waals surface area (Å²) < 4.78 is 15.3. The van der Waals surface area contributed by atoms with Crippen LogP contribution in [0.5, 0.6) is 11.5 Å². The van der Waals surface area contributed by atoms with E-state index in [-0.39, 0.29) is 22.9 Å². The zero-order chi connectivity index (χ0) is 20.1. The minimum Gasteiger partial charge on any atom is -0.496 e. The third-order valence-corrected chi connectivity index (χ3v) is 4.66. The Hall–Kier alpha value is -2.44. The van der Waals surface area contributed by atoms with Crippen molar-refractivity contribution in [2.75, 3.05) is 26.1 Å². The quantitative estimate of drug-likeness (QED) is 0.711. The molecule has 0 bridgehead atoms. The van der Waals surface area contributed by atoms with Crippen LogP contribution in [0.4, 0.5) is 5.69 Å². The van der Waals surface area contributed by atoms with Gasteiger partial charge in [0.1, 0.15) is 17.1 Å². The Labute approximate surface area is 167 Å². The first-order valence-electron chi connectivity index (χ1n) is 7.92. The van der Waals surface area contributed by atoms with Gasteiger partial charge in [0.25, 0.3) is 5.91 Å². The van der Waals surface area contributed by atoms with Crippen molar-refractivity contribution in [3.05, 3.63) is 51.0 Å². The number of hydrogen-bond donors (Lipinski definition) is 1. The van der Waals surface area contributed by atoms with Crippen molar-refractivity contribution in [3.8, 4) is 11.5 Å². The van der Waals surface area contributed by atoms with Gasteiger partial charge < -0.3 is 19.5 Å². The average molecular weight is 412 g/mol. The largest absolute Gasteiger partial charge is 0.496 e. The maximum Gasteiger partial charge on any atom is 0.341 e. The molecule has 0 aliphatic heterocycles. The summed E-state index contributed by atoms with van der Waals surface area (Å²) in [4.78, 5) is 23.9. The molecule has 27 heavy (non-hydrogen) atoms. The molecular formula is C19H19Cl2NO5. The van der Waals surface area contributed by atoms with Gasteiger partial charge in [-0.3, -0.25) is 4.79 Å². The number of rotatable bonds is 6. The van der Waals surface area contributed by atoms with E-state index in [9.17, 15) is 9.59 Å². The number of amides is 1. The second-order valence-electron chi connectivity index (χ2n) is 5.73. The Balaban J connectivity index is 2.10. The maximum absolute atomic E-state index is 12.2. The molecule has 0 saturated heterocycles. The van der Waals surface area contributed by atoms with Crippen molar-refractivity contribution >= 4 is 40.8 Å². The molecule has 0 heterocycles. The van der Waals surface area contributed by atoms with Gasteiger partial charge in [0.05, 0.1) is 24.9 Å². The van der Waals surface area contributed by atoms with E-state index >= 15 is 0 Å². The Morgan fingerprint density at radius 3 is 2.22 bits per heavy atom. The summed E-state index contributed by atoms with van der Waals surface area (Å²) in [6, 6.07) is 6.32. The first-order chi connectivity index (χ1) is 12.8. The Kier molecular flexibility index (Phi) is 6.93. The van der Waals surface area contributed by atoms with Gasteiger partial charge in [0.2, 0.25) is 0 Å². The monoisotopic (exact) mass is 411 g/mol. The van der Waals surface area contributed by atoms with E-state index in [0.717, 1.165) is 11.1 Å². The fraction of sp³-hybridized carbons (Fsp3) is 0.263. The highest BCUT2D eigenvalue weighted by Gasteiger charge is 2.17. The van der Waals surface area contributed by atoms with Gasteiger partial charge in [0, 0.05) is 11.1 Å². The Morgan fingerprint density at radius 1 is 1.04 bits per heavy atom. The van der Waals surface area contributed by atoms with Crippen LogP contribution in [0, 0.1) is 13.8 Å². The standard InChI is InChI=1S/C19H19Cl2NO5/c1-10-5-12(6-11(2)18(10)21)27-9-17(23)22-15-8-16(25-3)13(7-14(15)20)19(24)26-4/h5-8H,9H2,1-4H3,(H,22,23). The maximum atomic E-state index is 12.2. The third-order valence-electron chi connectivity index (χ3n) is 3.75. The number of benzene rings is 2. The Morgan fingerprint density at radius 2 is 1.67 bits per heavy atom. The lowest BCUT2D eigenvalue weighted by molar-refractivity contribution is -0.118. The summed E-state index contributed by atoms with van der Waals surface area (Å²) in [5.74, 6) is -0.251. The number of aryl methyl sites for hydroxylation is 2. The minimum absolute atomic E-state index is 0.159. The summed E-state index contributed by atoms with van der Waals surface area (Å²) >= 11 is 12.3. The number of hydrogen-bond acceptors (Lipinski definition) is 5. The molecule has 8 heteroatoms. The van der Waals surface area contributed by atoms with Gasteiger partial charge in [-0.1, -0.05) is 23.2 Å². The summed E-state index contributed by atoms with van der Waals surface area (Å²) in [6.45, 7) is 3.49. The molecule has 0 spiro atoms. The fourth-order valence-corrected chi connectivity index (χ4v) is 2.73. The lowest BCUT2D eigenvalue weighted by atomic mass is 10.1. The second-order valence-corrected chi connectivity index (χ2v) is 6.52. The van der Waals surface area contributed by atoms with Crippen molar-refractivity contribution < 1.29 is 23.8 Å². The van der Waals surface area contributed by atoms with Crippen LogP contribution < -0.4 is 14.8 Å². The van der Waals surface area contributed by atoms with Crippen LogP contribution in [0.3, 0.4) is 0 Å². The summed E-state index contributed by atoms with van der Waals surface area (Å²) in [7, 11) is 2.65. The summed E-state index contributed by atoms with van der Waals surface area (Å²) in [6.07, 6.45) is 0. The lowest BCUT2D eigenvalue weighted by Crippen LogP contribution is -2.20. The zero-order valence-corrected chi connectivity index (χ0v) is 16.8. The number of esters is 1. The minimum atomic E-state index is -0.594. The molecule has 0 saturated carbocycles. The molecule has 0 fully saturated rings. The van der Waals surface area contributed by atoms with Crippen molar-refractivity contribution in [1.29, 1.82) is 0 Å². The highest BCUT2D eigenvalue weighted by Crippen LogP contribution is 2.31. The fourth-order valence-electron chi connectivity index (χ4n) is 2.41. The highest BCUT2D eigenvalue weighted by atomic mass is 35.5. The normalized spacial score (nSPS) is 10.3. The van der Waals surface area contributed by atoms with Gasteiger partial charge in [-0.15, -0.1) is 0 Å². The SMILES string of the molecule is COC(=O)c1cc(Cl)c(NC(=O)COc2cc(C)c(Cl)c(C)c2)cc1OC. The summed E-state index contributed by atoms with van der Waals surface area (Å²) in [5.41, 5.74) is 2.17. The number of anilines is 1. The van der Waals surface area contributed by atoms with E-state index < -0.39 is 11.9 Å². The number of nitrogens with one attached hydrogen (secondary N) is 1. The van der Waals surface area contributed by atoms with E-state index in [1.807, 2.05) is 13.8 Å². The molecule has 2 rings (SSSR count). The number of ether oxygens (including phenoxy) is 3. The zero-order valence-electron chi connectivity index (χ0n) is 15.3. The van der Waals surface area contributed by atoms with Crippen LogP contribution in [0.25, 0.3) is 0 Å². The van der Waals surface area contributed by atoms with Crippen LogP contribution in [0.1, 0.15) is 21.5 Å². The van der Waals surface area contributed by atoms with E-state index in [1.165, 1.54) is 26.4 Å². The van der Waals surface area contributed by atoms with E-state index in [1.54, 1.807) is 12.1 Å². The third kappa shape index (κ3) is 5.05. The van der Waals surface area contributed by atoms with E-state index in [0.29, 0.717) is 16.5 Å². The molecular weight excluding hydrogens is 393 g/mol. The molecule has 0 unspecified atom stereocenters. The van der Waals surface area contributed by atoms with Crippen molar-refractivity contribution in [2.24, 2.45) is 0 Å².